The summed E-state index contributed by atoms with van der Waals surface area (Å²) in [4.78, 5) is 57.4. The van der Waals surface area contributed by atoms with Crippen molar-refractivity contribution in [2.45, 2.75) is 19.6 Å². The molecule has 22 heteroatoms. The molecule has 0 saturated carbocycles. The van der Waals surface area contributed by atoms with E-state index in [1.165, 1.54) is 109 Å². The molecule has 0 amide bonds. The first-order valence-corrected chi connectivity index (χ1v) is 45.7. The van der Waals surface area contributed by atoms with Crippen molar-refractivity contribution in [2.24, 2.45) is 0 Å². The van der Waals surface area contributed by atoms with E-state index in [-0.39, 0.29) is 96.8 Å². The average Bonchev–Trinajstić information content (AvgIpc) is 0.720. The molecule has 0 radical (unpaired) electrons. The van der Waals surface area contributed by atoms with Gasteiger partial charge in [0.2, 0.25) is 19.7 Å². The van der Waals surface area contributed by atoms with Gasteiger partial charge in [0, 0.05) is 48.6 Å². The molecule has 2 aliphatic rings. The van der Waals surface area contributed by atoms with Crippen LogP contribution < -0.4 is 65.1 Å². The number of ether oxygens (including phenoxy) is 4. The van der Waals surface area contributed by atoms with Gasteiger partial charge in [-0.2, -0.15) is 0 Å². The smallest absolute Gasteiger partial charge is 0.344 e. The second kappa shape index (κ2) is 30.1. The number of hydrogen-bond donors (Lipinski definition) is 0. The number of para-hydroxylation sites is 2. The minimum atomic E-state index is -4.37. The molecule has 0 fully saturated rings. The highest BCUT2D eigenvalue weighted by Gasteiger charge is 2.45. The van der Waals surface area contributed by atoms with Crippen LogP contribution in [0.4, 0.5) is 0 Å². The lowest BCUT2D eigenvalue weighted by atomic mass is 10.0. The van der Waals surface area contributed by atoms with Crippen molar-refractivity contribution >= 4 is 146 Å². The molecule has 17 aromatic rings. The highest BCUT2D eigenvalue weighted by molar-refractivity contribution is 7.92. The van der Waals surface area contributed by atoms with Crippen LogP contribution in [0.3, 0.4) is 0 Å². The summed E-state index contributed by atoms with van der Waals surface area (Å²) in [6.45, 7) is 0. The molecular weight excluding hydrogens is 1610 g/mol. The minimum Gasteiger partial charge on any atom is -0.436 e. The molecule has 3 unspecified atom stereocenters. The number of hydrogen-bond acceptors (Lipinski definition) is 17. The number of sulfone groups is 2. The van der Waals surface area contributed by atoms with Gasteiger partial charge in [0.25, 0.3) is 0 Å². The number of carbonyl (C=O) groups excluding carboxylic acids is 4. The number of rotatable bonds is 17. The molecule has 17 nitrogen and oxygen atoms in total. The Morgan fingerprint density at radius 3 is 1.02 bits per heavy atom. The number of esters is 4. The molecule has 3 atom stereocenters. The number of carbonyl (C=O) groups is 4. The zero-order valence-corrected chi connectivity index (χ0v) is 67.1. The zero-order chi connectivity index (χ0) is 82.2. The van der Waals surface area contributed by atoms with Gasteiger partial charge >= 0.3 is 38.6 Å². The van der Waals surface area contributed by atoms with Gasteiger partial charge in [0.1, 0.15) is 23.0 Å². The third-order valence-electron chi connectivity index (χ3n) is 21.5. The van der Waals surface area contributed by atoms with Crippen LogP contribution in [0.25, 0.3) is 65.3 Å². The van der Waals surface area contributed by atoms with Crippen molar-refractivity contribution in [1.82, 2.24) is 0 Å². The Kier molecular flexibility index (Phi) is 19.0. The lowest BCUT2D eigenvalue weighted by Crippen LogP contribution is -2.28. The summed E-state index contributed by atoms with van der Waals surface area (Å²) in [5, 5.41) is 5.26. The van der Waals surface area contributed by atoms with Gasteiger partial charge in [0.05, 0.1) is 63.1 Å². The summed E-state index contributed by atoms with van der Waals surface area (Å²) >= 11 is 0. The summed E-state index contributed by atoms with van der Waals surface area (Å²) in [6.07, 6.45) is 0. The van der Waals surface area contributed by atoms with E-state index in [0.29, 0.717) is 71.2 Å². The molecule has 17 aromatic carbocycles. The SMILES string of the molecule is O=C(Oc1cc(P2(=O)Oc3ccccc3-c3ccccc32)c(OC(=O)c2cccc3ccccc23)c2ccccc12)c1ccc(S(=O)(=O)c2ccc(P(=O)(c3ccccc3)c3ccc(S(=O)(=O)c4ccc(C(=O)Oc5c(P6(=O)Oc7ccccc7-c7ccccc76)cc(OC(=O)c6cccc7ccccc67)c6ccccc56)cc4)cc3)cc2)cc1. The van der Waals surface area contributed by atoms with Crippen molar-refractivity contribution < 1.29 is 77.7 Å². The monoisotopic (exact) mass is 1670 g/mol. The first kappa shape index (κ1) is 75.9. The van der Waals surface area contributed by atoms with E-state index in [2.05, 4.69) is 0 Å². The van der Waals surface area contributed by atoms with E-state index in [4.69, 9.17) is 28.0 Å². The molecule has 0 spiro atoms. The molecule has 2 aliphatic heterocycles. The molecule has 120 heavy (non-hydrogen) atoms. The summed E-state index contributed by atoms with van der Waals surface area (Å²) in [6, 6.07) is 99.4. The summed E-state index contributed by atoms with van der Waals surface area (Å²) in [5.74, 6) is -3.00. The van der Waals surface area contributed by atoms with E-state index in [1.807, 2.05) is 103 Å². The molecule has 2 heterocycles. The topological polar surface area (TPSA) is 243 Å². The van der Waals surface area contributed by atoms with Crippen LogP contribution in [-0.4, -0.2) is 40.7 Å². The molecule has 0 aromatic heterocycles. The van der Waals surface area contributed by atoms with Gasteiger partial charge in [-0.3, -0.25) is 9.13 Å². The molecule has 0 aliphatic carbocycles. The lowest BCUT2D eigenvalue weighted by molar-refractivity contribution is 0.0725. The van der Waals surface area contributed by atoms with Gasteiger partial charge in [0.15, 0.2) is 18.6 Å². The lowest BCUT2D eigenvalue weighted by Gasteiger charge is -2.30. The third-order valence-corrected chi connectivity index (χ3v) is 33.1. The largest absolute Gasteiger partial charge is 0.436 e. The summed E-state index contributed by atoms with van der Waals surface area (Å²) < 4.78 is 145. The Morgan fingerprint density at radius 2 is 0.583 bits per heavy atom. The van der Waals surface area contributed by atoms with Crippen LogP contribution in [0.2, 0.25) is 0 Å². The van der Waals surface area contributed by atoms with Gasteiger partial charge in [-0.1, -0.05) is 224 Å². The van der Waals surface area contributed by atoms with Crippen molar-refractivity contribution in [2.75, 3.05) is 0 Å². The first-order valence-electron chi connectivity index (χ1n) is 37.8. The van der Waals surface area contributed by atoms with Crippen LogP contribution in [0.1, 0.15) is 41.4 Å². The average molecular weight is 1670 g/mol. The normalized spacial score (nSPS) is 15.1. The Hall–Kier alpha value is -14.2. The first-order chi connectivity index (χ1) is 58.3. The van der Waals surface area contributed by atoms with Gasteiger partial charge in [-0.15, -0.1) is 0 Å². The maximum Gasteiger partial charge on any atom is 0.344 e. The highest BCUT2D eigenvalue weighted by Crippen LogP contribution is 2.59. The molecule has 0 bridgehead atoms. The van der Waals surface area contributed by atoms with E-state index >= 15 is 13.7 Å². The maximum absolute atomic E-state index is 16.2. The molecule has 0 N–H and O–H groups in total. The molecular formula is C98H61O17P3S2. The fraction of sp³-hybridized carbons (Fsp3) is 0. The molecule has 582 valence electrons. The Balaban J connectivity index is 0.586. The second-order valence-electron chi connectivity index (χ2n) is 28.4. The zero-order valence-electron chi connectivity index (χ0n) is 62.8. The second-order valence-corrected chi connectivity index (χ2v) is 39.6. The van der Waals surface area contributed by atoms with Gasteiger partial charge in [-0.05, 0) is 178 Å². The maximum atomic E-state index is 16.2. The van der Waals surface area contributed by atoms with Crippen LogP contribution in [0, 0.1) is 0 Å². The Labute approximate surface area is 687 Å². The van der Waals surface area contributed by atoms with Crippen LogP contribution >= 0.6 is 21.9 Å². The van der Waals surface area contributed by atoms with Gasteiger partial charge in [-0.25, -0.2) is 36.0 Å². The van der Waals surface area contributed by atoms with Crippen molar-refractivity contribution in [1.29, 1.82) is 0 Å². The quantitative estimate of drug-likeness (QED) is 0.0467. The van der Waals surface area contributed by atoms with Crippen LogP contribution in [-0.2, 0) is 33.4 Å². The minimum absolute atomic E-state index is 0.00926. The van der Waals surface area contributed by atoms with Crippen molar-refractivity contribution in [3.8, 4) is 56.8 Å². The fourth-order valence-electron chi connectivity index (χ4n) is 15.6. The highest BCUT2D eigenvalue weighted by atomic mass is 32.2. The number of benzene rings is 17. The fourth-order valence-corrected chi connectivity index (χ4v) is 25.6. The molecule has 0 saturated heterocycles. The van der Waals surface area contributed by atoms with E-state index in [9.17, 15) is 36.0 Å². The Bertz CT molecular complexity index is 7560. The van der Waals surface area contributed by atoms with E-state index < -0.39 is 65.4 Å². The van der Waals surface area contributed by atoms with Gasteiger partial charge < -0.3 is 32.6 Å². The van der Waals surface area contributed by atoms with Crippen molar-refractivity contribution in [3.05, 3.63) is 392 Å². The van der Waals surface area contributed by atoms with Crippen molar-refractivity contribution in [3.63, 3.8) is 0 Å². The van der Waals surface area contributed by atoms with E-state index in [1.54, 1.807) is 158 Å². The predicted octanol–water partition coefficient (Wildman–Crippen LogP) is 19.1. The predicted molar refractivity (Wildman–Crippen MR) is 464 cm³/mol. The summed E-state index contributed by atoms with van der Waals surface area (Å²) in [7, 11) is -21.3. The molecule has 19 rings (SSSR count). The summed E-state index contributed by atoms with van der Waals surface area (Å²) in [5.41, 5.74) is 2.97. The van der Waals surface area contributed by atoms with Crippen LogP contribution in [0.15, 0.2) is 390 Å². The third kappa shape index (κ3) is 13.1. The van der Waals surface area contributed by atoms with E-state index in [0.717, 1.165) is 10.8 Å². The number of fused-ring (bicyclic) bond motifs is 10. The standard InChI is InChI=1S/C98H61O17P3S2/c99-95(110-87-60-92(118(105)90-43-19-15-35-80(90)76-31-13-17-41-86(76)115-118)94(82-37-11-8-32-77(82)87)113-98(102)84-39-21-25-63-23-5-7-29-74(63)84)64-44-52-69(53-45-64)119(106,107)71-56-48-67(49-57-71)116(103,66-26-2-1-3-27-66)68-50-58-72(59-51-68)120(108,109)70-54-46-65(47-55-70)96(100)112-93-81-36-10-9-33-78(81)88(111-97(101)83-38-20-24-62-22-4-6-28-73(62)83)61-91(93)117(104)89-42-18-14-34-79(89)75-30-12-16-40-85(75)114-117/h1-61H. The van der Waals surface area contributed by atoms with Crippen LogP contribution in [0.5, 0.6) is 34.5 Å². The Morgan fingerprint density at radius 1 is 0.275 bits per heavy atom.